The van der Waals surface area contributed by atoms with E-state index in [1.807, 2.05) is 19.9 Å². The van der Waals surface area contributed by atoms with Gasteiger partial charge in [-0.3, -0.25) is 0 Å². The van der Waals surface area contributed by atoms with Gasteiger partial charge in [0.1, 0.15) is 0 Å². The average molecular weight is 112 g/mol. The maximum Gasteiger partial charge on any atom is 0.0845 e. The van der Waals surface area contributed by atoms with Crippen LogP contribution in [-0.2, 0) is 4.74 Å². The first-order valence-electron chi connectivity index (χ1n) is 2.71. The van der Waals surface area contributed by atoms with Gasteiger partial charge in [-0.1, -0.05) is 12.2 Å². The molecule has 0 aromatic rings. The third kappa shape index (κ3) is 5.28. The summed E-state index contributed by atoms with van der Waals surface area (Å²) in [4.78, 5) is 0. The first-order valence-corrected chi connectivity index (χ1v) is 2.71. The van der Waals surface area contributed by atoms with Gasteiger partial charge in [0.15, 0.2) is 0 Å². The van der Waals surface area contributed by atoms with Crippen LogP contribution in [0.25, 0.3) is 0 Å². The molecule has 1 heteroatoms. The first kappa shape index (κ1) is 7.28. The lowest BCUT2D eigenvalue weighted by Crippen LogP contribution is -1.75. The van der Waals surface area contributed by atoms with Crippen LogP contribution in [0, 0.1) is 0 Å². The van der Waals surface area contributed by atoms with E-state index in [0.717, 1.165) is 12.2 Å². The molecule has 0 rings (SSSR count). The van der Waals surface area contributed by atoms with Crippen LogP contribution >= 0.6 is 0 Å². The van der Waals surface area contributed by atoms with Crippen molar-refractivity contribution in [2.45, 2.75) is 13.8 Å². The molecular formula is C7H12O. The maximum atomic E-state index is 4.90. The lowest BCUT2D eigenvalue weighted by atomic mass is 10.4. The fraction of sp³-hybridized carbons (Fsp3) is 0.429. The molecule has 0 atom stereocenters. The molecule has 1 nitrogen and oxygen atoms in total. The van der Waals surface area contributed by atoms with Crippen molar-refractivity contribution in [1.29, 1.82) is 0 Å². The monoisotopic (exact) mass is 112 g/mol. The molecular weight excluding hydrogens is 100 g/mol. The van der Waals surface area contributed by atoms with E-state index >= 15 is 0 Å². The molecule has 8 heavy (non-hydrogen) atoms. The highest BCUT2D eigenvalue weighted by Crippen LogP contribution is 1.88. The van der Waals surface area contributed by atoms with Crippen LogP contribution in [0.1, 0.15) is 13.8 Å². The van der Waals surface area contributed by atoms with E-state index in [-0.39, 0.29) is 0 Å². The second-order valence-electron chi connectivity index (χ2n) is 1.60. The molecule has 0 bridgehead atoms. The summed E-state index contributed by atoms with van der Waals surface area (Å²) in [5.41, 5.74) is 1.01. The Morgan fingerprint density at radius 1 is 1.75 bits per heavy atom. The Kier molecular flexibility index (Phi) is 4.04. The Morgan fingerprint density at radius 3 is 2.75 bits per heavy atom. The van der Waals surface area contributed by atoms with Crippen molar-refractivity contribution in [1.82, 2.24) is 0 Å². The summed E-state index contributed by atoms with van der Waals surface area (Å²) in [5, 5.41) is 0. The lowest BCUT2D eigenvalue weighted by molar-refractivity contribution is 0.269. The third-order valence-electron chi connectivity index (χ3n) is 0.615. The van der Waals surface area contributed by atoms with E-state index in [4.69, 9.17) is 4.74 Å². The van der Waals surface area contributed by atoms with Crippen molar-refractivity contribution in [3.8, 4) is 0 Å². The third-order valence-corrected chi connectivity index (χ3v) is 0.615. The second kappa shape index (κ2) is 4.44. The van der Waals surface area contributed by atoms with Crippen LogP contribution in [0.4, 0.5) is 0 Å². The molecule has 0 saturated heterocycles. The van der Waals surface area contributed by atoms with Crippen molar-refractivity contribution in [2.24, 2.45) is 0 Å². The number of hydrogen-bond donors (Lipinski definition) is 0. The van der Waals surface area contributed by atoms with Crippen LogP contribution in [0.3, 0.4) is 0 Å². The van der Waals surface area contributed by atoms with Crippen molar-refractivity contribution < 1.29 is 4.74 Å². The average Bonchev–Trinajstić information content (AvgIpc) is 1.66. The molecule has 0 aliphatic carbocycles. The van der Waals surface area contributed by atoms with E-state index in [0.29, 0.717) is 0 Å². The minimum atomic E-state index is 0.726. The Bertz CT molecular complexity index is 92.6. The lowest BCUT2D eigenvalue weighted by Gasteiger charge is -1.90. The summed E-state index contributed by atoms with van der Waals surface area (Å²) in [5.74, 6) is 0. The quantitative estimate of drug-likeness (QED) is 0.401. The Labute approximate surface area is 50.7 Å². The summed E-state index contributed by atoms with van der Waals surface area (Å²) in [6, 6.07) is 0. The van der Waals surface area contributed by atoms with Crippen LogP contribution in [0.2, 0.25) is 0 Å². The predicted molar refractivity (Wildman–Crippen MR) is 35.6 cm³/mol. The maximum absolute atomic E-state index is 4.90. The van der Waals surface area contributed by atoms with E-state index in [9.17, 15) is 0 Å². The first-order chi connectivity index (χ1) is 3.77. The number of hydrogen-bond acceptors (Lipinski definition) is 1. The Morgan fingerprint density at radius 2 is 2.38 bits per heavy atom. The highest BCUT2D eigenvalue weighted by Gasteiger charge is 1.70. The van der Waals surface area contributed by atoms with Gasteiger partial charge < -0.3 is 4.74 Å². The molecule has 0 spiro atoms. The van der Waals surface area contributed by atoms with Crippen LogP contribution in [-0.4, -0.2) is 6.61 Å². The number of allylic oxidation sites excluding steroid dienone is 2. The molecule has 0 aliphatic rings. The Balaban J connectivity index is 3.20. The summed E-state index contributed by atoms with van der Waals surface area (Å²) < 4.78 is 4.90. The molecule has 0 heterocycles. The molecule has 0 aromatic heterocycles. The standard InChI is InChI=1S/C7H12O/c1-4-8-6-5-7(2)3/h5-6H,2,4H2,1,3H3/b6-5-. The summed E-state index contributed by atoms with van der Waals surface area (Å²) in [7, 11) is 0. The van der Waals surface area contributed by atoms with Crippen molar-refractivity contribution in [3.05, 3.63) is 24.5 Å². The minimum Gasteiger partial charge on any atom is -0.501 e. The van der Waals surface area contributed by atoms with Crippen molar-refractivity contribution in [3.63, 3.8) is 0 Å². The summed E-state index contributed by atoms with van der Waals surface area (Å²) in [6.45, 7) is 8.26. The molecule has 0 amide bonds. The number of rotatable bonds is 3. The van der Waals surface area contributed by atoms with Gasteiger partial charge >= 0.3 is 0 Å². The zero-order valence-corrected chi connectivity index (χ0v) is 5.48. The molecule has 0 fully saturated rings. The Hall–Kier alpha value is -0.720. The van der Waals surface area contributed by atoms with Gasteiger partial charge in [-0.2, -0.15) is 0 Å². The fourth-order valence-electron chi connectivity index (χ4n) is 0.260. The van der Waals surface area contributed by atoms with Crippen LogP contribution in [0.5, 0.6) is 0 Å². The molecule has 46 valence electrons. The zero-order valence-electron chi connectivity index (χ0n) is 5.48. The van der Waals surface area contributed by atoms with E-state index in [2.05, 4.69) is 6.58 Å². The van der Waals surface area contributed by atoms with Gasteiger partial charge in [0.05, 0.1) is 12.9 Å². The molecule has 0 aromatic carbocycles. The zero-order chi connectivity index (χ0) is 6.41. The van der Waals surface area contributed by atoms with Crippen molar-refractivity contribution >= 4 is 0 Å². The molecule has 0 aliphatic heterocycles. The van der Waals surface area contributed by atoms with E-state index in [1.165, 1.54) is 0 Å². The highest BCUT2D eigenvalue weighted by atomic mass is 16.5. The number of ether oxygens (including phenoxy) is 1. The van der Waals surface area contributed by atoms with Crippen LogP contribution < -0.4 is 0 Å². The van der Waals surface area contributed by atoms with Gasteiger partial charge in [-0.05, 0) is 19.9 Å². The van der Waals surface area contributed by atoms with Gasteiger partial charge in [0, 0.05) is 0 Å². The second-order valence-corrected chi connectivity index (χ2v) is 1.60. The smallest absolute Gasteiger partial charge is 0.0845 e. The molecule has 0 N–H and O–H groups in total. The largest absolute Gasteiger partial charge is 0.501 e. The topological polar surface area (TPSA) is 9.23 Å². The normalized spacial score (nSPS) is 9.75. The van der Waals surface area contributed by atoms with E-state index in [1.54, 1.807) is 6.26 Å². The summed E-state index contributed by atoms with van der Waals surface area (Å²) in [6.07, 6.45) is 3.49. The summed E-state index contributed by atoms with van der Waals surface area (Å²) >= 11 is 0. The fourth-order valence-corrected chi connectivity index (χ4v) is 0.260. The predicted octanol–water partition coefficient (Wildman–Crippen LogP) is 2.11. The molecule has 0 unspecified atom stereocenters. The van der Waals surface area contributed by atoms with Gasteiger partial charge in [-0.15, -0.1) is 0 Å². The molecule has 0 saturated carbocycles. The highest BCUT2D eigenvalue weighted by molar-refractivity contribution is 5.08. The van der Waals surface area contributed by atoms with Crippen molar-refractivity contribution in [2.75, 3.05) is 6.61 Å². The SMILES string of the molecule is C=C(C)/C=C\OCC. The van der Waals surface area contributed by atoms with E-state index < -0.39 is 0 Å². The van der Waals surface area contributed by atoms with Gasteiger partial charge in [-0.25, -0.2) is 0 Å². The molecule has 0 radical (unpaired) electrons. The minimum absolute atomic E-state index is 0.726. The van der Waals surface area contributed by atoms with Crippen LogP contribution in [0.15, 0.2) is 24.5 Å². The van der Waals surface area contributed by atoms with Gasteiger partial charge in [0.2, 0.25) is 0 Å². The van der Waals surface area contributed by atoms with Gasteiger partial charge in [0.25, 0.3) is 0 Å².